The zero-order valence-corrected chi connectivity index (χ0v) is 22.9. The molecule has 3 aliphatic heterocycles. The molecule has 2 unspecified atom stereocenters. The number of hydrogen-bond acceptors (Lipinski definition) is 4. The van der Waals surface area contributed by atoms with E-state index in [4.69, 9.17) is 16.6 Å². The molecule has 3 fully saturated rings. The molecule has 4 rings (SSSR count). The Morgan fingerprint density at radius 2 is 1.78 bits per heavy atom. The number of aliphatic imine (C=N–C) groups is 1. The molecule has 0 aromatic heterocycles. The van der Waals surface area contributed by atoms with E-state index in [1.54, 1.807) is 0 Å². The molecule has 2 bridgehead atoms. The number of hydrogen-bond donors (Lipinski definition) is 2. The number of likely N-dealkylation sites (N-methyl/N-ethyl adjacent to an activating group) is 1. The van der Waals surface area contributed by atoms with E-state index in [1.807, 2.05) is 6.07 Å². The van der Waals surface area contributed by atoms with Crippen molar-refractivity contribution in [2.24, 2.45) is 4.99 Å². The van der Waals surface area contributed by atoms with Crippen LogP contribution in [0.4, 0.5) is 5.69 Å². The molecule has 2 atom stereocenters. The molecular formula is C24H40ClIN6. The van der Waals surface area contributed by atoms with E-state index in [2.05, 4.69) is 58.5 Å². The first kappa shape index (κ1) is 25.8. The summed E-state index contributed by atoms with van der Waals surface area (Å²) in [6.07, 6.45) is 6.44. The van der Waals surface area contributed by atoms with Crippen molar-refractivity contribution in [2.75, 3.05) is 51.7 Å². The normalized spacial score (nSPS) is 27.1. The Kier molecular flexibility index (Phi) is 9.76. The van der Waals surface area contributed by atoms with Gasteiger partial charge in [-0.2, -0.15) is 0 Å². The van der Waals surface area contributed by atoms with Gasteiger partial charge in [-0.25, -0.2) is 4.99 Å². The first-order valence-corrected chi connectivity index (χ1v) is 12.4. The van der Waals surface area contributed by atoms with Crippen LogP contribution in [0.1, 0.15) is 44.6 Å². The van der Waals surface area contributed by atoms with Crippen LogP contribution in [0.2, 0.25) is 5.02 Å². The van der Waals surface area contributed by atoms with Crippen LogP contribution in [-0.4, -0.2) is 80.7 Å². The second-order valence-corrected chi connectivity index (χ2v) is 9.85. The average Bonchev–Trinajstić information content (AvgIpc) is 2.74. The van der Waals surface area contributed by atoms with Gasteiger partial charge in [0, 0.05) is 67.1 Å². The van der Waals surface area contributed by atoms with E-state index in [0.717, 1.165) is 49.3 Å². The number of rotatable bonds is 5. The molecule has 3 aliphatic rings. The molecule has 1 aromatic carbocycles. The predicted molar refractivity (Wildman–Crippen MR) is 147 cm³/mol. The second-order valence-electron chi connectivity index (χ2n) is 9.44. The van der Waals surface area contributed by atoms with E-state index in [-0.39, 0.29) is 24.0 Å². The van der Waals surface area contributed by atoms with Gasteiger partial charge in [0.25, 0.3) is 0 Å². The fourth-order valence-corrected chi connectivity index (χ4v) is 5.68. The summed E-state index contributed by atoms with van der Waals surface area (Å²) >= 11 is 6.66. The second kappa shape index (κ2) is 12.1. The largest absolute Gasteiger partial charge is 0.369 e. The smallest absolute Gasteiger partial charge is 0.191 e. The first-order valence-electron chi connectivity index (χ1n) is 12.0. The highest BCUT2D eigenvalue weighted by Gasteiger charge is 2.36. The van der Waals surface area contributed by atoms with Crippen molar-refractivity contribution in [3.8, 4) is 0 Å². The van der Waals surface area contributed by atoms with Crippen molar-refractivity contribution < 1.29 is 0 Å². The van der Waals surface area contributed by atoms with Crippen molar-refractivity contribution in [3.63, 3.8) is 0 Å². The number of halogens is 2. The molecule has 0 aliphatic carbocycles. The van der Waals surface area contributed by atoms with Gasteiger partial charge in [-0.1, -0.05) is 24.1 Å². The van der Waals surface area contributed by atoms with Crippen molar-refractivity contribution in [1.29, 1.82) is 0 Å². The molecule has 0 amide bonds. The number of piperidine rings is 2. The van der Waals surface area contributed by atoms with Crippen molar-refractivity contribution in [2.45, 2.75) is 63.7 Å². The van der Waals surface area contributed by atoms with E-state index < -0.39 is 0 Å². The molecule has 0 saturated carbocycles. The minimum Gasteiger partial charge on any atom is -0.369 e. The number of nitrogens with zero attached hydrogens (tertiary/aromatic N) is 4. The van der Waals surface area contributed by atoms with Crippen molar-refractivity contribution in [3.05, 3.63) is 28.8 Å². The minimum atomic E-state index is 0. The zero-order chi connectivity index (χ0) is 21.8. The molecular weight excluding hydrogens is 535 g/mol. The van der Waals surface area contributed by atoms with E-state index in [9.17, 15) is 0 Å². The lowest BCUT2D eigenvalue weighted by molar-refractivity contribution is 0.0526. The summed E-state index contributed by atoms with van der Waals surface area (Å²) < 4.78 is 0. The molecule has 180 valence electrons. The lowest BCUT2D eigenvalue weighted by Gasteiger charge is -2.47. The molecule has 6 nitrogen and oxygen atoms in total. The number of piperazine rings is 1. The topological polar surface area (TPSA) is 46.1 Å². The Labute approximate surface area is 216 Å². The highest BCUT2D eigenvalue weighted by atomic mass is 127. The van der Waals surface area contributed by atoms with Gasteiger partial charge in [0.1, 0.15) is 0 Å². The summed E-state index contributed by atoms with van der Waals surface area (Å²) in [5.41, 5.74) is 2.36. The summed E-state index contributed by atoms with van der Waals surface area (Å²) in [6, 6.07) is 8.16. The third-order valence-electron chi connectivity index (χ3n) is 7.36. The Balaban J connectivity index is 0.00000289. The fraction of sp³-hybridized carbons (Fsp3) is 0.708. The van der Waals surface area contributed by atoms with Gasteiger partial charge in [0.2, 0.25) is 0 Å². The molecule has 1 aromatic rings. The van der Waals surface area contributed by atoms with Crippen LogP contribution in [0, 0.1) is 0 Å². The highest BCUT2D eigenvalue weighted by Crippen LogP contribution is 2.33. The van der Waals surface area contributed by atoms with Crippen LogP contribution in [-0.2, 0) is 6.54 Å². The van der Waals surface area contributed by atoms with Crippen LogP contribution in [0.25, 0.3) is 0 Å². The number of benzene rings is 1. The van der Waals surface area contributed by atoms with Gasteiger partial charge in [0.05, 0.1) is 6.54 Å². The van der Waals surface area contributed by atoms with Crippen LogP contribution < -0.4 is 15.5 Å². The number of anilines is 1. The van der Waals surface area contributed by atoms with E-state index >= 15 is 0 Å². The maximum Gasteiger partial charge on any atom is 0.191 e. The first-order chi connectivity index (χ1) is 15.0. The van der Waals surface area contributed by atoms with E-state index in [1.165, 1.54) is 37.8 Å². The van der Waals surface area contributed by atoms with Crippen LogP contribution >= 0.6 is 35.6 Å². The summed E-state index contributed by atoms with van der Waals surface area (Å²) in [4.78, 5) is 12.4. The molecule has 0 radical (unpaired) electrons. The predicted octanol–water partition coefficient (Wildman–Crippen LogP) is 3.78. The lowest BCUT2D eigenvalue weighted by atomic mass is 9.82. The SMILES string of the molecule is CCNC(=NCc1c(Cl)cccc1N1CCN(C)CC1)NC1CC2CCCC(C1)N2C.I. The summed E-state index contributed by atoms with van der Waals surface area (Å²) in [5.74, 6) is 0.916. The van der Waals surface area contributed by atoms with Crippen molar-refractivity contribution in [1.82, 2.24) is 20.4 Å². The van der Waals surface area contributed by atoms with Gasteiger partial charge in [-0.05, 0) is 58.8 Å². The van der Waals surface area contributed by atoms with Crippen LogP contribution in [0.5, 0.6) is 0 Å². The minimum absolute atomic E-state index is 0. The summed E-state index contributed by atoms with van der Waals surface area (Å²) in [6.45, 7) is 7.81. The van der Waals surface area contributed by atoms with Gasteiger partial charge in [0.15, 0.2) is 5.96 Å². The van der Waals surface area contributed by atoms with Crippen LogP contribution in [0.3, 0.4) is 0 Å². The monoisotopic (exact) mass is 574 g/mol. The molecule has 0 spiro atoms. The lowest BCUT2D eigenvalue weighted by Crippen LogP contribution is -2.56. The summed E-state index contributed by atoms with van der Waals surface area (Å²) in [7, 11) is 4.49. The number of fused-ring (bicyclic) bond motifs is 2. The quantitative estimate of drug-likeness (QED) is 0.319. The molecule has 3 heterocycles. The van der Waals surface area contributed by atoms with Gasteiger partial charge in [-0.15, -0.1) is 24.0 Å². The Bertz CT molecular complexity index is 753. The molecule has 2 N–H and O–H groups in total. The summed E-state index contributed by atoms with van der Waals surface area (Å²) in [5, 5.41) is 8.02. The molecule has 3 saturated heterocycles. The number of guanidine groups is 1. The zero-order valence-electron chi connectivity index (χ0n) is 19.8. The third-order valence-corrected chi connectivity index (χ3v) is 7.71. The Morgan fingerprint density at radius 3 is 2.44 bits per heavy atom. The van der Waals surface area contributed by atoms with Crippen molar-refractivity contribution >= 4 is 47.2 Å². The Hall–Kier alpha value is -0.770. The van der Waals surface area contributed by atoms with Crippen LogP contribution in [0.15, 0.2) is 23.2 Å². The molecule has 32 heavy (non-hydrogen) atoms. The maximum absolute atomic E-state index is 6.66. The average molecular weight is 575 g/mol. The standard InChI is InChI=1S/C24H39ClN6.HI/c1-4-26-24(28-18-15-19-7-5-8-20(16-18)30(19)3)27-17-21-22(25)9-6-10-23(21)31-13-11-29(2)12-14-31;/h6,9-10,18-20H,4-5,7-8,11-17H2,1-3H3,(H2,26,27,28);1H. The van der Waals surface area contributed by atoms with Gasteiger partial charge < -0.3 is 25.3 Å². The van der Waals surface area contributed by atoms with Gasteiger partial charge in [-0.3, -0.25) is 0 Å². The third kappa shape index (κ3) is 6.21. The van der Waals surface area contributed by atoms with Gasteiger partial charge >= 0.3 is 0 Å². The Morgan fingerprint density at radius 1 is 1.09 bits per heavy atom. The maximum atomic E-state index is 6.66. The number of nitrogens with one attached hydrogen (secondary N) is 2. The molecule has 8 heteroatoms. The van der Waals surface area contributed by atoms with E-state index in [0.29, 0.717) is 24.7 Å². The fourth-order valence-electron chi connectivity index (χ4n) is 5.45. The highest BCUT2D eigenvalue weighted by molar-refractivity contribution is 14.0.